The van der Waals surface area contributed by atoms with Crippen LogP contribution in [-0.2, 0) is 11.2 Å². The molecule has 2 aromatic carbocycles. The fourth-order valence-corrected chi connectivity index (χ4v) is 4.22. The smallest absolute Gasteiger partial charge is 0.408 e. The molecule has 1 aliphatic rings. The number of nitrogens with zero attached hydrogens (tertiary/aromatic N) is 3. The van der Waals surface area contributed by atoms with Gasteiger partial charge in [-0.3, -0.25) is 0 Å². The number of nitrogens with one attached hydrogen (secondary N) is 1. The maximum atomic E-state index is 12.4. The van der Waals surface area contributed by atoms with Crippen LogP contribution in [0.4, 0.5) is 4.79 Å². The quantitative estimate of drug-likeness (QED) is 0.485. The van der Waals surface area contributed by atoms with E-state index in [1.807, 2.05) is 52.8 Å². The first-order valence-electron chi connectivity index (χ1n) is 11.8. The van der Waals surface area contributed by atoms with Crippen LogP contribution in [0.5, 0.6) is 5.75 Å². The summed E-state index contributed by atoms with van der Waals surface area (Å²) in [6.07, 6.45) is 2.12. The summed E-state index contributed by atoms with van der Waals surface area (Å²) in [5.74, 6) is 1.31. The van der Waals surface area contributed by atoms with Gasteiger partial charge in [-0.25, -0.2) is 4.79 Å². The summed E-state index contributed by atoms with van der Waals surface area (Å²) >= 11 is 0. The first-order valence-corrected chi connectivity index (χ1v) is 11.8. The van der Waals surface area contributed by atoms with Crippen LogP contribution in [0.25, 0.3) is 22.8 Å². The lowest BCUT2D eigenvalue weighted by molar-refractivity contribution is 0.0498. The molecular formula is C27H30N4O4. The average molecular weight is 475 g/mol. The van der Waals surface area contributed by atoms with Gasteiger partial charge in [0.25, 0.3) is 5.89 Å². The third-order valence-electron chi connectivity index (χ3n) is 5.57. The van der Waals surface area contributed by atoms with E-state index in [2.05, 4.69) is 21.5 Å². The Hall–Kier alpha value is -3.86. The van der Waals surface area contributed by atoms with Gasteiger partial charge in [0.2, 0.25) is 5.82 Å². The Labute approximate surface area is 205 Å². The normalized spacial score (nSPS) is 15.3. The van der Waals surface area contributed by atoms with E-state index in [0.29, 0.717) is 28.6 Å². The van der Waals surface area contributed by atoms with Gasteiger partial charge in [-0.1, -0.05) is 23.4 Å². The van der Waals surface area contributed by atoms with Gasteiger partial charge < -0.3 is 19.3 Å². The Bertz CT molecular complexity index is 1270. The summed E-state index contributed by atoms with van der Waals surface area (Å²) < 4.78 is 16.7. The highest BCUT2D eigenvalue weighted by Crippen LogP contribution is 2.36. The number of hydrogen-bond acceptors (Lipinski definition) is 7. The zero-order chi connectivity index (χ0) is 25.2. The number of rotatable bonds is 5. The summed E-state index contributed by atoms with van der Waals surface area (Å²) in [6, 6.07) is 13.2. The Morgan fingerprint density at radius 1 is 1.26 bits per heavy atom. The highest BCUT2D eigenvalue weighted by Gasteiger charge is 2.27. The van der Waals surface area contributed by atoms with Gasteiger partial charge in [0.1, 0.15) is 17.4 Å². The molecule has 1 amide bonds. The number of nitriles is 1. The molecule has 0 radical (unpaired) electrons. The highest BCUT2D eigenvalue weighted by atomic mass is 16.6. The summed E-state index contributed by atoms with van der Waals surface area (Å²) in [6.45, 7) is 9.36. The van der Waals surface area contributed by atoms with Crippen molar-refractivity contribution in [2.45, 2.75) is 71.6 Å². The number of amides is 1. The molecule has 0 saturated carbocycles. The van der Waals surface area contributed by atoms with Gasteiger partial charge in [-0.15, -0.1) is 0 Å². The van der Waals surface area contributed by atoms with Crippen molar-refractivity contribution >= 4 is 6.09 Å². The summed E-state index contributed by atoms with van der Waals surface area (Å²) in [5.41, 5.74) is 3.48. The van der Waals surface area contributed by atoms with Crippen molar-refractivity contribution in [3.63, 3.8) is 0 Å². The molecule has 1 heterocycles. The van der Waals surface area contributed by atoms with Crippen molar-refractivity contribution in [1.82, 2.24) is 15.5 Å². The van der Waals surface area contributed by atoms with Gasteiger partial charge in [0.15, 0.2) is 0 Å². The number of fused-ring (bicyclic) bond motifs is 1. The van der Waals surface area contributed by atoms with Gasteiger partial charge in [-0.2, -0.15) is 10.2 Å². The number of ether oxygens (including phenoxy) is 2. The second-order valence-electron chi connectivity index (χ2n) is 9.88. The third kappa shape index (κ3) is 5.62. The molecule has 0 unspecified atom stereocenters. The molecule has 182 valence electrons. The fourth-order valence-electron chi connectivity index (χ4n) is 4.22. The lowest BCUT2D eigenvalue weighted by Gasteiger charge is -2.29. The molecule has 0 aliphatic heterocycles. The van der Waals surface area contributed by atoms with Crippen molar-refractivity contribution in [1.29, 1.82) is 5.26 Å². The molecule has 4 rings (SSSR count). The summed E-state index contributed by atoms with van der Waals surface area (Å²) in [4.78, 5) is 17.0. The largest absolute Gasteiger partial charge is 0.490 e. The first kappa shape index (κ1) is 24.3. The van der Waals surface area contributed by atoms with E-state index in [-0.39, 0.29) is 12.1 Å². The van der Waals surface area contributed by atoms with Crippen molar-refractivity contribution < 1.29 is 18.8 Å². The standard InChI is InChI=1S/C27H30N4O4/c1-16(2)33-23-13-12-17(14-18(23)15-28)25-30-24(31-35-25)21-10-6-9-20-19(21)8-7-11-22(20)29-26(32)34-27(3,4)5/h6,9-10,12-14,16,22H,7-8,11H2,1-5H3,(H,29,32)/t22-/m0/s1. The van der Waals surface area contributed by atoms with Crippen LogP contribution in [0.1, 0.15) is 70.2 Å². The maximum absolute atomic E-state index is 12.4. The topological polar surface area (TPSA) is 110 Å². The summed E-state index contributed by atoms with van der Waals surface area (Å²) in [5, 5.41) is 16.8. The van der Waals surface area contributed by atoms with Crippen LogP contribution in [0.3, 0.4) is 0 Å². The zero-order valence-corrected chi connectivity index (χ0v) is 20.7. The van der Waals surface area contributed by atoms with E-state index in [0.717, 1.165) is 36.0 Å². The number of carbonyl (C=O) groups excluding carboxylic acids is 1. The SMILES string of the molecule is CC(C)Oc1ccc(-c2nc(-c3cccc4c3CCC[C@@H]4NC(=O)OC(C)(C)C)no2)cc1C#N. The summed E-state index contributed by atoms with van der Waals surface area (Å²) in [7, 11) is 0. The van der Waals surface area contributed by atoms with Crippen LogP contribution in [0.15, 0.2) is 40.9 Å². The van der Waals surface area contributed by atoms with E-state index < -0.39 is 11.7 Å². The van der Waals surface area contributed by atoms with E-state index in [9.17, 15) is 10.1 Å². The molecule has 35 heavy (non-hydrogen) atoms. The number of aromatic nitrogens is 2. The van der Waals surface area contributed by atoms with E-state index >= 15 is 0 Å². The number of benzene rings is 2. The molecule has 1 N–H and O–H groups in total. The molecule has 1 atom stereocenters. The first-order chi connectivity index (χ1) is 16.6. The van der Waals surface area contributed by atoms with E-state index in [1.54, 1.807) is 18.2 Å². The monoisotopic (exact) mass is 474 g/mol. The minimum atomic E-state index is -0.561. The van der Waals surface area contributed by atoms with Crippen LogP contribution in [-0.4, -0.2) is 27.9 Å². The molecule has 0 saturated heterocycles. The predicted molar refractivity (Wildman–Crippen MR) is 131 cm³/mol. The molecule has 1 aliphatic carbocycles. The van der Waals surface area contributed by atoms with E-state index in [4.69, 9.17) is 14.0 Å². The molecule has 0 bridgehead atoms. The Morgan fingerprint density at radius 2 is 2.06 bits per heavy atom. The number of alkyl carbamates (subject to hydrolysis) is 1. The van der Waals surface area contributed by atoms with Crippen molar-refractivity contribution in [2.24, 2.45) is 0 Å². The minimum Gasteiger partial charge on any atom is -0.490 e. The van der Waals surface area contributed by atoms with Crippen LogP contribution >= 0.6 is 0 Å². The van der Waals surface area contributed by atoms with Crippen molar-refractivity contribution in [3.8, 4) is 34.7 Å². The molecule has 8 heteroatoms. The lowest BCUT2D eigenvalue weighted by atomic mass is 9.84. The average Bonchev–Trinajstić information content (AvgIpc) is 3.27. The van der Waals surface area contributed by atoms with Crippen molar-refractivity contribution in [3.05, 3.63) is 53.1 Å². The van der Waals surface area contributed by atoms with Crippen LogP contribution in [0.2, 0.25) is 0 Å². The molecule has 8 nitrogen and oxygen atoms in total. The molecule has 3 aromatic rings. The van der Waals surface area contributed by atoms with Crippen LogP contribution < -0.4 is 10.1 Å². The molecule has 1 aromatic heterocycles. The fraction of sp³-hybridized carbons (Fsp3) is 0.407. The number of carbonyl (C=O) groups is 1. The third-order valence-corrected chi connectivity index (χ3v) is 5.57. The highest BCUT2D eigenvalue weighted by molar-refractivity contribution is 5.70. The second-order valence-corrected chi connectivity index (χ2v) is 9.88. The molecular weight excluding hydrogens is 444 g/mol. The van der Waals surface area contributed by atoms with Gasteiger partial charge in [0, 0.05) is 11.1 Å². The van der Waals surface area contributed by atoms with Gasteiger partial charge >= 0.3 is 6.09 Å². The van der Waals surface area contributed by atoms with Crippen LogP contribution in [0, 0.1) is 11.3 Å². The Balaban J connectivity index is 1.61. The lowest BCUT2D eigenvalue weighted by Crippen LogP contribution is -2.36. The Kier molecular flexibility index (Phi) is 6.79. The maximum Gasteiger partial charge on any atom is 0.408 e. The van der Waals surface area contributed by atoms with Crippen molar-refractivity contribution in [2.75, 3.05) is 0 Å². The van der Waals surface area contributed by atoms with Gasteiger partial charge in [-0.05, 0) is 83.2 Å². The zero-order valence-electron chi connectivity index (χ0n) is 20.7. The van der Waals surface area contributed by atoms with E-state index in [1.165, 1.54) is 0 Å². The molecule has 0 fully saturated rings. The van der Waals surface area contributed by atoms with Gasteiger partial charge in [0.05, 0.1) is 17.7 Å². The second kappa shape index (κ2) is 9.79. The molecule has 0 spiro atoms. The predicted octanol–water partition coefficient (Wildman–Crippen LogP) is 5.96. The Morgan fingerprint density at radius 3 is 2.77 bits per heavy atom. The number of hydrogen-bond donors (Lipinski definition) is 1. The minimum absolute atomic E-state index is 0.0409.